The molecule has 2 rings (SSSR count). The molecule has 8 nitrogen and oxygen atoms in total. The molecule has 8 heteroatoms. The molecule has 0 amide bonds. The van der Waals surface area contributed by atoms with Gasteiger partial charge in [-0.1, -0.05) is 5.16 Å². The molecule has 0 aromatic carbocycles. The van der Waals surface area contributed by atoms with Crippen LogP contribution in [0, 0.1) is 0 Å². The van der Waals surface area contributed by atoms with Gasteiger partial charge in [-0.3, -0.25) is 0 Å². The predicted octanol–water partition coefficient (Wildman–Crippen LogP) is 0.0625. The Labute approximate surface area is 90.8 Å². The number of nitrogen functional groups attached to an aromatic ring is 1. The fourth-order valence-electron chi connectivity index (χ4n) is 1.08. The summed E-state index contributed by atoms with van der Waals surface area (Å²) in [5, 5.41) is 6.61. The number of hydrogen-bond donors (Lipinski definition) is 2. The number of ether oxygens (including phenoxy) is 1. The first kappa shape index (κ1) is 10.1. The zero-order chi connectivity index (χ0) is 11.4. The number of hydrogen-bond acceptors (Lipinski definition) is 8. The van der Waals surface area contributed by atoms with E-state index in [-0.39, 0.29) is 5.95 Å². The van der Waals surface area contributed by atoms with Crippen molar-refractivity contribution in [3.8, 4) is 5.88 Å². The summed E-state index contributed by atoms with van der Waals surface area (Å²) in [6.07, 6.45) is 1.26. The third-order valence-electron chi connectivity index (χ3n) is 1.76. The van der Waals surface area contributed by atoms with Crippen molar-refractivity contribution in [3.05, 3.63) is 18.3 Å². The predicted molar refractivity (Wildman–Crippen MR) is 54.6 cm³/mol. The molecule has 2 aromatic rings. The quantitative estimate of drug-likeness (QED) is 0.746. The van der Waals surface area contributed by atoms with E-state index in [1.165, 1.54) is 13.5 Å². The molecule has 0 aliphatic heterocycles. The molecule has 0 aliphatic carbocycles. The zero-order valence-electron chi connectivity index (χ0n) is 8.54. The lowest BCUT2D eigenvalue weighted by Crippen LogP contribution is -2.06. The minimum absolute atomic E-state index is 0.134. The molecular weight excluding hydrogens is 212 g/mol. The normalized spacial score (nSPS) is 10.1. The summed E-state index contributed by atoms with van der Waals surface area (Å²) in [6.45, 7) is 0.385. The maximum atomic E-state index is 5.49. The van der Waals surface area contributed by atoms with Gasteiger partial charge in [0.25, 0.3) is 0 Å². The van der Waals surface area contributed by atoms with Gasteiger partial charge in [0, 0.05) is 6.07 Å². The van der Waals surface area contributed by atoms with Gasteiger partial charge >= 0.3 is 0 Å². The van der Waals surface area contributed by atoms with Gasteiger partial charge in [0.15, 0.2) is 5.82 Å². The molecule has 0 radical (unpaired) electrons. The number of nitrogens with two attached hydrogens (primary N) is 1. The van der Waals surface area contributed by atoms with Crippen molar-refractivity contribution in [1.29, 1.82) is 0 Å². The molecule has 2 aromatic heterocycles. The lowest BCUT2D eigenvalue weighted by atomic mass is 10.5. The van der Waals surface area contributed by atoms with Crippen LogP contribution in [0.4, 0.5) is 11.8 Å². The molecule has 84 valence electrons. The third kappa shape index (κ3) is 2.35. The third-order valence-corrected chi connectivity index (χ3v) is 1.76. The highest BCUT2D eigenvalue weighted by Gasteiger charge is 2.03. The van der Waals surface area contributed by atoms with Crippen LogP contribution >= 0.6 is 0 Å². The monoisotopic (exact) mass is 222 g/mol. The fraction of sp³-hybridized carbons (Fsp3) is 0.250. The number of nitrogens with one attached hydrogen (secondary N) is 1. The zero-order valence-corrected chi connectivity index (χ0v) is 8.54. The van der Waals surface area contributed by atoms with Crippen molar-refractivity contribution in [2.24, 2.45) is 0 Å². The summed E-state index contributed by atoms with van der Waals surface area (Å²) in [7, 11) is 1.50. The first-order valence-corrected chi connectivity index (χ1v) is 4.45. The minimum atomic E-state index is 0.134. The van der Waals surface area contributed by atoms with Gasteiger partial charge in [0.2, 0.25) is 18.2 Å². The Morgan fingerprint density at radius 2 is 2.38 bits per heavy atom. The summed E-state index contributed by atoms with van der Waals surface area (Å²) in [6, 6.07) is 1.62. The van der Waals surface area contributed by atoms with Crippen LogP contribution < -0.4 is 15.8 Å². The van der Waals surface area contributed by atoms with Crippen LogP contribution in [-0.4, -0.2) is 27.2 Å². The fourth-order valence-corrected chi connectivity index (χ4v) is 1.08. The molecule has 16 heavy (non-hydrogen) atoms. The van der Waals surface area contributed by atoms with Crippen molar-refractivity contribution < 1.29 is 9.26 Å². The Morgan fingerprint density at radius 3 is 3.06 bits per heavy atom. The minimum Gasteiger partial charge on any atom is -0.481 e. The van der Waals surface area contributed by atoms with Gasteiger partial charge < -0.3 is 20.3 Å². The van der Waals surface area contributed by atoms with E-state index in [2.05, 4.69) is 29.9 Å². The van der Waals surface area contributed by atoms with E-state index < -0.39 is 0 Å². The van der Waals surface area contributed by atoms with E-state index in [9.17, 15) is 0 Å². The van der Waals surface area contributed by atoms with Crippen molar-refractivity contribution >= 4 is 11.8 Å². The summed E-state index contributed by atoms with van der Waals surface area (Å²) < 4.78 is 9.54. The van der Waals surface area contributed by atoms with Gasteiger partial charge in [0.1, 0.15) is 5.82 Å². The second-order valence-electron chi connectivity index (χ2n) is 2.85. The number of anilines is 2. The Morgan fingerprint density at radius 1 is 1.50 bits per heavy atom. The molecule has 0 bridgehead atoms. The number of aromatic nitrogens is 4. The Hall–Kier alpha value is -2.38. The van der Waals surface area contributed by atoms with Crippen molar-refractivity contribution in [3.63, 3.8) is 0 Å². The largest absolute Gasteiger partial charge is 0.481 e. The average molecular weight is 222 g/mol. The number of nitrogens with zero attached hydrogens (tertiary/aromatic N) is 4. The van der Waals surface area contributed by atoms with Gasteiger partial charge in [-0.2, -0.15) is 15.0 Å². The topological polar surface area (TPSA) is 112 Å². The Bertz CT molecular complexity index is 458. The number of rotatable bonds is 4. The van der Waals surface area contributed by atoms with E-state index in [4.69, 9.17) is 10.5 Å². The summed E-state index contributed by atoms with van der Waals surface area (Å²) in [5.41, 5.74) is 5.49. The molecule has 0 fully saturated rings. The smallest absolute Gasteiger partial charge is 0.225 e. The summed E-state index contributed by atoms with van der Waals surface area (Å²) >= 11 is 0. The molecule has 0 saturated carbocycles. The molecule has 0 aliphatic rings. The summed E-state index contributed by atoms with van der Waals surface area (Å²) in [4.78, 5) is 11.7. The lowest BCUT2D eigenvalue weighted by Gasteiger charge is -2.05. The van der Waals surface area contributed by atoms with Crippen LogP contribution in [0.5, 0.6) is 5.88 Å². The molecule has 0 spiro atoms. The van der Waals surface area contributed by atoms with E-state index in [1.807, 2.05) is 0 Å². The van der Waals surface area contributed by atoms with Gasteiger partial charge in [-0.25, -0.2) is 0 Å². The van der Waals surface area contributed by atoms with Gasteiger partial charge in [0.05, 0.1) is 13.7 Å². The SMILES string of the molecule is COc1cc(NCc2ncon2)nc(N)n1. The molecule has 0 saturated heterocycles. The van der Waals surface area contributed by atoms with E-state index >= 15 is 0 Å². The van der Waals surface area contributed by atoms with Crippen LogP contribution in [0.3, 0.4) is 0 Å². The number of methoxy groups -OCH3 is 1. The highest BCUT2D eigenvalue weighted by molar-refractivity contribution is 5.42. The Kier molecular flexibility index (Phi) is 2.81. The standard InChI is InChI=1S/C8H10N6O2/c1-15-7-2-5(12-8(9)13-7)10-3-6-11-4-16-14-6/h2,4H,3H2,1H3,(H3,9,10,12,13). The van der Waals surface area contributed by atoms with E-state index in [0.29, 0.717) is 24.1 Å². The molecule has 3 N–H and O–H groups in total. The molecule has 0 atom stereocenters. The maximum absolute atomic E-state index is 5.49. The van der Waals surface area contributed by atoms with Crippen LogP contribution in [0.2, 0.25) is 0 Å². The van der Waals surface area contributed by atoms with Gasteiger partial charge in [-0.05, 0) is 0 Å². The highest BCUT2D eigenvalue weighted by atomic mass is 16.5. The first-order valence-electron chi connectivity index (χ1n) is 4.45. The van der Waals surface area contributed by atoms with Crippen LogP contribution in [0.25, 0.3) is 0 Å². The van der Waals surface area contributed by atoms with Crippen molar-refractivity contribution in [2.45, 2.75) is 6.54 Å². The van der Waals surface area contributed by atoms with Crippen molar-refractivity contribution in [1.82, 2.24) is 20.1 Å². The maximum Gasteiger partial charge on any atom is 0.225 e. The molecule has 2 heterocycles. The van der Waals surface area contributed by atoms with Crippen molar-refractivity contribution in [2.75, 3.05) is 18.2 Å². The summed E-state index contributed by atoms with van der Waals surface area (Å²) in [5.74, 6) is 1.59. The van der Waals surface area contributed by atoms with Crippen LogP contribution in [0.15, 0.2) is 17.0 Å². The lowest BCUT2D eigenvalue weighted by molar-refractivity contribution is 0.398. The Balaban J connectivity index is 2.06. The second-order valence-corrected chi connectivity index (χ2v) is 2.85. The average Bonchev–Trinajstić information content (AvgIpc) is 2.78. The molecular formula is C8H10N6O2. The van der Waals surface area contributed by atoms with E-state index in [1.54, 1.807) is 6.07 Å². The second kappa shape index (κ2) is 4.43. The molecule has 0 unspecified atom stereocenters. The van der Waals surface area contributed by atoms with E-state index in [0.717, 1.165) is 0 Å². The van der Waals surface area contributed by atoms with Crippen LogP contribution in [0.1, 0.15) is 5.82 Å². The van der Waals surface area contributed by atoms with Gasteiger partial charge in [-0.15, -0.1) is 0 Å². The van der Waals surface area contributed by atoms with Crippen LogP contribution in [-0.2, 0) is 6.54 Å². The highest BCUT2D eigenvalue weighted by Crippen LogP contribution is 2.14. The first-order chi connectivity index (χ1) is 7.78.